The molecule has 11 heavy (non-hydrogen) atoms. The molecule has 0 aliphatic carbocycles. The van der Waals surface area contributed by atoms with E-state index >= 15 is 0 Å². The first kappa shape index (κ1) is 10.3. The van der Waals surface area contributed by atoms with Crippen molar-refractivity contribution in [3.05, 3.63) is 0 Å². The van der Waals surface area contributed by atoms with Gasteiger partial charge in [0.2, 0.25) is 0 Å². The van der Waals surface area contributed by atoms with Crippen LogP contribution in [0.25, 0.3) is 0 Å². The van der Waals surface area contributed by atoms with Crippen molar-refractivity contribution in [2.45, 2.75) is 6.43 Å². The van der Waals surface area contributed by atoms with Crippen LogP contribution in [0.5, 0.6) is 0 Å². The first-order valence-corrected chi connectivity index (χ1v) is 3.25. The Kier molecular flexibility index (Phi) is 4.69. The smallest absolute Gasteiger partial charge is 0.315 e. The summed E-state index contributed by atoms with van der Waals surface area (Å²) in [5, 5.41) is 1.71. The third-order valence-electron chi connectivity index (χ3n) is 0.807. The summed E-state index contributed by atoms with van der Waals surface area (Å²) in [6.45, 7) is -0.438. The number of hydrogen-bond acceptors (Lipinski definition) is 2. The molecule has 6 heteroatoms. The van der Waals surface area contributed by atoms with Gasteiger partial charge in [0, 0.05) is 0 Å². The summed E-state index contributed by atoms with van der Waals surface area (Å²) in [6, 6.07) is 0. The van der Waals surface area contributed by atoms with Crippen molar-refractivity contribution in [3.63, 3.8) is 0 Å². The van der Waals surface area contributed by atoms with Crippen LogP contribution in [0.3, 0.4) is 0 Å². The van der Waals surface area contributed by atoms with E-state index in [4.69, 9.17) is 11.6 Å². The predicted octanol–water partition coefficient (Wildman–Crippen LogP) is 0.176. The quantitative estimate of drug-likeness (QED) is 0.635. The first-order chi connectivity index (χ1) is 5.07. The number of nitrogens with one attached hydrogen (secondary N) is 1. The summed E-state index contributed by atoms with van der Waals surface area (Å²) in [4.78, 5) is 20.5. The molecule has 0 rings (SSSR count). The van der Waals surface area contributed by atoms with Gasteiger partial charge in [-0.2, -0.15) is 8.78 Å². The van der Waals surface area contributed by atoms with Crippen molar-refractivity contribution in [2.24, 2.45) is 0 Å². The van der Waals surface area contributed by atoms with Crippen LogP contribution < -0.4 is 5.32 Å². The minimum atomic E-state index is -3.09. The summed E-state index contributed by atoms with van der Waals surface area (Å²) >= 11 is 5.03. The number of ketones is 1. The third kappa shape index (κ3) is 4.66. The molecule has 1 amide bonds. The second-order valence-electron chi connectivity index (χ2n) is 1.69. The lowest BCUT2D eigenvalue weighted by Gasteiger charge is -2.00. The van der Waals surface area contributed by atoms with E-state index in [0.29, 0.717) is 0 Å². The zero-order valence-electron chi connectivity index (χ0n) is 5.44. The highest BCUT2D eigenvalue weighted by Crippen LogP contribution is 1.90. The molecule has 0 aromatic heterocycles. The Balaban J connectivity index is 3.54. The molecule has 0 bridgehead atoms. The van der Waals surface area contributed by atoms with Gasteiger partial charge >= 0.3 is 6.43 Å². The van der Waals surface area contributed by atoms with Crippen LogP contribution in [0.4, 0.5) is 8.78 Å². The van der Waals surface area contributed by atoms with Crippen LogP contribution in [0.1, 0.15) is 0 Å². The average molecular weight is 186 g/mol. The highest BCUT2D eigenvalue weighted by atomic mass is 35.5. The molecule has 0 aliphatic heterocycles. The van der Waals surface area contributed by atoms with E-state index in [-0.39, 0.29) is 5.88 Å². The minimum Gasteiger partial charge on any atom is -0.344 e. The zero-order chi connectivity index (χ0) is 8.85. The van der Waals surface area contributed by atoms with Crippen LogP contribution in [-0.2, 0) is 9.59 Å². The monoisotopic (exact) mass is 185 g/mol. The standard InChI is InChI=1S/C5H6ClF2NO2/c6-1-3(10)2-9-5(11)4(7)8/h4H,1-2H2,(H,9,11). The van der Waals surface area contributed by atoms with Gasteiger partial charge in [-0.3, -0.25) is 9.59 Å². The lowest BCUT2D eigenvalue weighted by Crippen LogP contribution is -2.34. The fourth-order valence-corrected chi connectivity index (χ4v) is 0.405. The molecular formula is C5H6ClF2NO2. The second kappa shape index (κ2) is 5.01. The van der Waals surface area contributed by atoms with Gasteiger partial charge in [0.1, 0.15) is 0 Å². The topological polar surface area (TPSA) is 46.2 Å². The lowest BCUT2D eigenvalue weighted by atomic mass is 10.4. The average Bonchev–Trinajstić information content (AvgIpc) is 1.99. The number of halogens is 3. The fourth-order valence-electron chi connectivity index (χ4n) is 0.310. The number of hydrogen-bond donors (Lipinski definition) is 1. The van der Waals surface area contributed by atoms with Crippen LogP contribution in [0.2, 0.25) is 0 Å². The van der Waals surface area contributed by atoms with E-state index in [1.54, 1.807) is 5.32 Å². The number of amides is 1. The highest BCUT2D eigenvalue weighted by molar-refractivity contribution is 6.28. The van der Waals surface area contributed by atoms with Crippen LogP contribution >= 0.6 is 11.6 Å². The molecule has 64 valence electrons. The maximum absolute atomic E-state index is 11.4. The Hall–Kier alpha value is -0.710. The fraction of sp³-hybridized carbons (Fsp3) is 0.600. The summed E-state index contributed by atoms with van der Waals surface area (Å²) in [5.41, 5.74) is 0. The van der Waals surface area contributed by atoms with E-state index in [9.17, 15) is 18.4 Å². The molecule has 0 heterocycles. The molecule has 0 aromatic carbocycles. The van der Waals surface area contributed by atoms with Gasteiger partial charge in [-0.25, -0.2) is 0 Å². The molecular weight excluding hydrogens is 180 g/mol. The summed E-state index contributed by atoms with van der Waals surface area (Å²) in [5.74, 6) is -2.24. The lowest BCUT2D eigenvalue weighted by molar-refractivity contribution is -0.133. The largest absolute Gasteiger partial charge is 0.344 e. The maximum atomic E-state index is 11.4. The van der Waals surface area contributed by atoms with Crippen molar-refractivity contribution in [1.82, 2.24) is 5.32 Å². The molecule has 0 radical (unpaired) electrons. The van der Waals surface area contributed by atoms with E-state index < -0.39 is 24.7 Å². The summed E-state index contributed by atoms with van der Waals surface area (Å²) < 4.78 is 22.9. The zero-order valence-corrected chi connectivity index (χ0v) is 6.20. The SMILES string of the molecule is O=C(CCl)CNC(=O)C(F)F. The van der Waals surface area contributed by atoms with Gasteiger partial charge in [0.25, 0.3) is 5.91 Å². The molecule has 0 aromatic rings. The molecule has 0 aliphatic rings. The van der Waals surface area contributed by atoms with E-state index in [2.05, 4.69) is 0 Å². The van der Waals surface area contributed by atoms with Gasteiger partial charge < -0.3 is 5.32 Å². The van der Waals surface area contributed by atoms with Crippen molar-refractivity contribution in [1.29, 1.82) is 0 Å². The second-order valence-corrected chi connectivity index (χ2v) is 1.96. The van der Waals surface area contributed by atoms with Gasteiger partial charge in [0.05, 0.1) is 12.4 Å². The van der Waals surface area contributed by atoms with Gasteiger partial charge in [-0.1, -0.05) is 0 Å². The Labute approximate surface area is 66.7 Å². The number of alkyl halides is 3. The Bertz CT molecular complexity index is 163. The summed E-state index contributed by atoms with van der Waals surface area (Å²) in [7, 11) is 0. The molecule has 0 unspecified atom stereocenters. The maximum Gasteiger partial charge on any atom is 0.315 e. The first-order valence-electron chi connectivity index (χ1n) is 2.71. The third-order valence-corrected chi connectivity index (χ3v) is 1.11. The van der Waals surface area contributed by atoms with Gasteiger partial charge in [-0.15, -0.1) is 11.6 Å². The number of rotatable bonds is 4. The van der Waals surface area contributed by atoms with E-state index in [0.717, 1.165) is 0 Å². The Morgan fingerprint density at radius 2 is 2.00 bits per heavy atom. The predicted molar refractivity (Wildman–Crippen MR) is 34.7 cm³/mol. The van der Waals surface area contributed by atoms with Crippen molar-refractivity contribution < 1.29 is 18.4 Å². The van der Waals surface area contributed by atoms with Crippen LogP contribution in [-0.4, -0.2) is 30.5 Å². The van der Waals surface area contributed by atoms with Crippen LogP contribution in [0.15, 0.2) is 0 Å². The molecule has 0 spiro atoms. The van der Waals surface area contributed by atoms with Crippen molar-refractivity contribution >= 4 is 23.3 Å². The molecule has 0 saturated carbocycles. The number of carbonyl (C=O) groups is 2. The minimum absolute atomic E-state index is 0.288. The summed E-state index contributed by atoms with van der Waals surface area (Å²) in [6.07, 6.45) is -3.09. The number of carbonyl (C=O) groups excluding carboxylic acids is 2. The molecule has 0 saturated heterocycles. The normalized spacial score (nSPS) is 9.82. The van der Waals surface area contributed by atoms with Crippen molar-refractivity contribution in [3.8, 4) is 0 Å². The molecule has 0 fully saturated rings. The Morgan fingerprint density at radius 1 is 1.45 bits per heavy atom. The molecule has 3 nitrogen and oxygen atoms in total. The van der Waals surface area contributed by atoms with Gasteiger partial charge in [-0.05, 0) is 0 Å². The number of Topliss-reactive ketones (excluding diaryl/α,β-unsaturated/α-hetero) is 1. The van der Waals surface area contributed by atoms with Gasteiger partial charge in [0.15, 0.2) is 5.78 Å². The van der Waals surface area contributed by atoms with Crippen LogP contribution in [0, 0.1) is 0 Å². The Morgan fingerprint density at radius 3 is 2.36 bits per heavy atom. The molecule has 0 atom stereocenters. The highest BCUT2D eigenvalue weighted by Gasteiger charge is 2.14. The van der Waals surface area contributed by atoms with Crippen molar-refractivity contribution in [2.75, 3.05) is 12.4 Å². The van der Waals surface area contributed by atoms with E-state index in [1.807, 2.05) is 0 Å². The van der Waals surface area contributed by atoms with E-state index in [1.165, 1.54) is 0 Å². The molecule has 1 N–H and O–H groups in total.